The van der Waals surface area contributed by atoms with Crippen molar-refractivity contribution in [2.75, 3.05) is 7.11 Å². The molecule has 20 heavy (non-hydrogen) atoms. The van der Waals surface area contributed by atoms with Crippen LogP contribution in [0.15, 0.2) is 12.1 Å². The molecule has 1 saturated carbocycles. The van der Waals surface area contributed by atoms with Crippen molar-refractivity contribution >= 4 is 11.3 Å². The first-order valence-corrected chi connectivity index (χ1v) is 8.45. The molecule has 4 heteroatoms. The minimum Gasteiger partial charge on any atom is -0.381 e. The van der Waals surface area contributed by atoms with E-state index in [0.29, 0.717) is 6.10 Å². The van der Waals surface area contributed by atoms with Gasteiger partial charge in [-0.05, 0) is 51.2 Å². The van der Waals surface area contributed by atoms with E-state index in [0.717, 1.165) is 25.7 Å². The van der Waals surface area contributed by atoms with Crippen molar-refractivity contribution in [3.05, 3.63) is 21.9 Å². The lowest BCUT2D eigenvalue weighted by atomic mass is 9.94. The fraction of sp³-hybridized carbons (Fsp3) is 0.750. The zero-order valence-electron chi connectivity index (χ0n) is 12.8. The summed E-state index contributed by atoms with van der Waals surface area (Å²) in [5, 5.41) is 0. The molecule has 4 unspecified atom stereocenters. The van der Waals surface area contributed by atoms with Crippen LogP contribution in [0.4, 0.5) is 0 Å². The summed E-state index contributed by atoms with van der Waals surface area (Å²) in [4.78, 5) is 2.58. The second-order valence-electron chi connectivity index (χ2n) is 5.72. The second-order valence-corrected chi connectivity index (χ2v) is 7.04. The Balaban J connectivity index is 2.04. The molecular formula is C16H27NO2S. The molecule has 1 aromatic rings. The van der Waals surface area contributed by atoms with E-state index >= 15 is 0 Å². The summed E-state index contributed by atoms with van der Waals surface area (Å²) >= 11 is 1.80. The van der Waals surface area contributed by atoms with Gasteiger partial charge in [0, 0.05) is 22.9 Å². The predicted octanol–water partition coefficient (Wildman–Crippen LogP) is 3.81. The number of aryl methyl sites for hydroxylation is 1. The van der Waals surface area contributed by atoms with Crippen molar-refractivity contribution in [3.63, 3.8) is 0 Å². The summed E-state index contributed by atoms with van der Waals surface area (Å²) in [6, 6.07) is 4.38. The molecule has 1 aromatic heterocycles. The van der Waals surface area contributed by atoms with Crippen molar-refractivity contribution in [2.45, 2.75) is 70.3 Å². The Hall–Kier alpha value is -0.420. The quantitative estimate of drug-likeness (QED) is 0.868. The highest BCUT2D eigenvalue weighted by Crippen LogP contribution is 2.33. The fourth-order valence-corrected chi connectivity index (χ4v) is 3.84. The first-order chi connectivity index (χ1) is 9.63. The Bertz CT molecular complexity index is 407. The van der Waals surface area contributed by atoms with E-state index < -0.39 is 0 Å². The maximum Gasteiger partial charge on any atom is 0.107 e. The minimum absolute atomic E-state index is 0.0271. The molecule has 0 amide bonds. The molecule has 1 aliphatic rings. The third-order valence-electron chi connectivity index (χ3n) is 4.15. The van der Waals surface area contributed by atoms with Crippen molar-refractivity contribution in [3.8, 4) is 0 Å². The van der Waals surface area contributed by atoms with Crippen LogP contribution in [0.25, 0.3) is 0 Å². The number of hydrogen-bond acceptors (Lipinski definition) is 4. The van der Waals surface area contributed by atoms with Crippen LogP contribution in [-0.2, 0) is 9.47 Å². The molecule has 0 aromatic carbocycles. The molecule has 2 N–H and O–H groups in total. The molecule has 1 fully saturated rings. The molecule has 0 bridgehead atoms. The number of rotatable bonds is 6. The topological polar surface area (TPSA) is 44.5 Å². The largest absolute Gasteiger partial charge is 0.381 e. The number of ether oxygens (including phenoxy) is 2. The Morgan fingerprint density at radius 3 is 2.70 bits per heavy atom. The molecule has 2 rings (SSSR count). The lowest BCUT2D eigenvalue weighted by Gasteiger charge is -2.33. The lowest BCUT2D eigenvalue weighted by Crippen LogP contribution is -2.35. The van der Waals surface area contributed by atoms with Gasteiger partial charge in [-0.2, -0.15) is 0 Å². The minimum atomic E-state index is 0.0271. The van der Waals surface area contributed by atoms with Crippen LogP contribution in [0.5, 0.6) is 0 Å². The normalized spacial score (nSPS) is 26.4. The molecule has 1 heterocycles. The van der Waals surface area contributed by atoms with Gasteiger partial charge in [-0.15, -0.1) is 11.3 Å². The van der Waals surface area contributed by atoms with Crippen molar-refractivity contribution in [2.24, 2.45) is 5.73 Å². The van der Waals surface area contributed by atoms with Crippen LogP contribution < -0.4 is 5.73 Å². The van der Waals surface area contributed by atoms with E-state index in [-0.39, 0.29) is 18.2 Å². The van der Waals surface area contributed by atoms with E-state index in [1.807, 2.05) is 0 Å². The van der Waals surface area contributed by atoms with Gasteiger partial charge < -0.3 is 15.2 Å². The molecule has 0 spiro atoms. The van der Waals surface area contributed by atoms with E-state index in [9.17, 15) is 0 Å². The fourth-order valence-electron chi connectivity index (χ4n) is 2.85. The molecule has 4 atom stereocenters. The van der Waals surface area contributed by atoms with E-state index in [2.05, 4.69) is 26.0 Å². The number of nitrogens with two attached hydrogens (primary N) is 1. The first-order valence-electron chi connectivity index (χ1n) is 7.64. The first kappa shape index (κ1) is 16.0. The molecule has 114 valence electrons. The predicted molar refractivity (Wildman–Crippen MR) is 84.2 cm³/mol. The molecule has 0 aliphatic heterocycles. The highest BCUT2D eigenvalue weighted by molar-refractivity contribution is 7.12. The van der Waals surface area contributed by atoms with E-state index in [1.54, 1.807) is 18.4 Å². The summed E-state index contributed by atoms with van der Waals surface area (Å²) in [6.45, 7) is 4.25. The number of methoxy groups -OCH3 is 1. The van der Waals surface area contributed by atoms with Gasteiger partial charge in [0.25, 0.3) is 0 Å². The summed E-state index contributed by atoms with van der Waals surface area (Å²) in [6.07, 6.45) is 6.03. The van der Waals surface area contributed by atoms with Gasteiger partial charge >= 0.3 is 0 Å². The Morgan fingerprint density at radius 2 is 2.10 bits per heavy atom. The Morgan fingerprint density at radius 1 is 1.35 bits per heavy atom. The highest BCUT2D eigenvalue weighted by Gasteiger charge is 2.28. The van der Waals surface area contributed by atoms with Gasteiger partial charge in [0.2, 0.25) is 0 Å². The third kappa shape index (κ3) is 4.04. The van der Waals surface area contributed by atoms with Gasteiger partial charge in [0.1, 0.15) is 6.10 Å². The molecular weight excluding hydrogens is 270 g/mol. The summed E-state index contributed by atoms with van der Waals surface area (Å²) in [5.74, 6) is 0. The third-order valence-corrected chi connectivity index (χ3v) is 5.21. The molecule has 3 nitrogen and oxygen atoms in total. The highest BCUT2D eigenvalue weighted by atomic mass is 32.1. The second kappa shape index (κ2) is 7.55. The maximum absolute atomic E-state index is 6.38. The molecule has 1 aliphatic carbocycles. The lowest BCUT2D eigenvalue weighted by molar-refractivity contribution is -0.0733. The van der Waals surface area contributed by atoms with Crippen LogP contribution >= 0.6 is 11.3 Å². The smallest absolute Gasteiger partial charge is 0.107 e. The van der Waals surface area contributed by atoms with Crippen LogP contribution in [0.2, 0.25) is 0 Å². The standard InChI is InChI=1S/C16H27NO2S/c1-4-14(17)16(15-9-8-11(2)20-15)19-13-7-5-6-12(10-13)18-3/h8-9,12-14,16H,4-7,10,17H2,1-3H3. The van der Waals surface area contributed by atoms with E-state index in [1.165, 1.54) is 16.2 Å². The van der Waals surface area contributed by atoms with E-state index in [4.69, 9.17) is 15.2 Å². The summed E-state index contributed by atoms with van der Waals surface area (Å²) < 4.78 is 11.9. The zero-order chi connectivity index (χ0) is 14.5. The summed E-state index contributed by atoms with van der Waals surface area (Å²) in [5.41, 5.74) is 6.29. The number of hydrogen-bond donors (Lipinski definition) is 1. The summed E-state index contributed by atoms with van der Waals surface area (Å²) in [7, 11) is 1.80. The van der Waals surface area contributed by atoms with Crippen molar-refractivity contribution in [1.29, 1.82) is 0 Å². The maximum atomic E-state index is 6.38. The molecule has 0 saturated heterocycles. The van der Waals surface area contributed by atoms with Crippen LogP contribution in [0.3, 0.4) is 0 Å². The Kier molecular flexibility index (Phi) is 6.02. The van der Waals surface area contributed by atoms with Crippen molar-refractivity contribution in [1.82, 2.24) is 0 Å². The van der Waals surface area contributed by atoms with Crippen molar-refractivity contribution < 1.29 is 9.47 Å². The SMILES string of the molecule is CCC(N)C(OC1CCCC(OC)C1)c1ccc(C)s1. The van der Waals surface area contributed by atoms with Crippen LogP contribution in [0.1, 0.15) is 54.9 Å². The van der Waals surface area contributed by atoms with Crippen LogP contribution in [-0.4, -0.2) is 25.4 Å². The average molecular weight is 297 g/mol. The zero-order valence-corrected chi connectivity index (χ0v) is 13.6. The van der Waals surface area contributed by atoms with Gasteiger partial charge in [-0.1, -0.05) is 6.92 Å². The number of thiophene rings is 1. The van der Waals surface area contributed by atoms with Gasteiger partial charge in [-0.25, -0.2) is 0 Å². The Labute approximate surface area is 126 Å². The van der Waals surface area contributed by atoms with Gasteiger partial charge in [-0.3, -0.25) is 0 Å². The van der Waals surface area contributed by atoms with Gasteiger partial charge in [0.05, 0.1) is 12.2 Å². The van der Waals surface area contributed by atoms with Crippen LogP contribution in [0, 0.1) is 6.92 Å². The monoisotopic (exact) mass is 297 g/mol. The van der Waals surface area contributed by atoms with Gasteiger partial charge in [0.15, 0.2) is 0 Å². The average Bonchev–Trinajstić information content (AvgIpc) is 2.90. The molecule has 0 radical (unpaired) electrons.